The number of fused-ring (bicyclic) bond motifs is 1. The second kappa shape index (κ2) is 6.13. The number of oxazole rings is 1. The molecule has 1 aromatic heterocycles. The molecule has 0 saturated carbocycles. The highest BCUT2D eigenvalue weighted by Gasteiger charge is 2.06. The second-order valence-corrected chi connectivity index (χ2v) is 5.46. The zero-order valence-corrected chi connectivity index (χ0v) is 12.8. The van der Waals surface area contributed by atoms with Crippen LogP contribution in [0, 0.1) is 5.82 Å². The molecule has 24 heavy (non-hydrogen) atoms. The van der Waals surface area contributed by atoms with Crippen molar-refractivity contribution in [2.45, 2.75) is 0 Å². The molecule has 0 saturated heterocycles. The lowest BCUT2D eigenvalue weighted by Gasteiger charge is -1.99. The molecule has 0 aliphatic rings. The molecule has 4 rings (SSSR count). The molecule has 2 nitrogen and oxygen atoms in total. The fourth-order valence-corrected chi connectivity index (χ4v) is 2.60. The van der Waals surface area contributed by atoms with E-state index in [1.165, 1.54) is 6.07 Å². The van der Waals surface area contributed by atoms with Gasteiger partial charge in [-0.2, -0.15) is 0 Å². The minimum atomic E-state index is -0.267. The van der Waals surface area contributed by atoms with E-state index < -0.39 is 0 Å². The first-order valence-electron chi connectivity index (χ1n) is 7.68. The van der Waals surface area contributed by atoms with E-state index in [2.05, 4.69) is 17.1 Å². The maximum Gasteiger partial charge on any atom is 0.220 e. The van der Waals surface area contributed by atoms with Gasteiger partial charge in [-0.1, -0.05) is 54.6 Å². The molecule has 0 radical (unpaired) electrons. The summed E-state index contributed by atoms with van der Waals surface area (Å²) in [4.78, 5) is 4.47. The third-order valence-corrected chi connectivity index (χ3v) is 3.82. The molecule has 3 heteroatoms. The molecule has 0 aliphatic carbocycles. The maximum absolute atomic E-state index is 13.6. The molecule has 0 amide bonds. The summed E-state index contributed by atoms with van der Waals surface area (Å²) in [6, 6.07) is 22.6. The summed E-state index contributed by atoms with van der Waals surface area (Å²) in [7, 11) is 0. The highest BCUT2D eigenvalue weighted by atomic mass is 19.1. The molecule has 4 aromatic rings. The van der Waals surface area contributed by atoms with E-state index in [4.69, 9.17) is 4.42 Å². The van der Waals surface area contributed by atoms with Gasteiger partial charge in [0.25, 0.3) is 0 Å². The van der Waals surface area contributed by atoms with Crippen LogP contribution in [0.4, 0.5) is 4.39 Å². The molecule has 3 aromatic carbocycles. The number of aromatic nitrogens is 1. The molecule has 1 heterocycles. The van der Waals surface area contributed by atoms with Gasteiger partial charge >= 0.3 is 0 Å². The van der Waals surface area contributed by atoms with Crippen LogP contribution in [0.3, 0.4) is 0 Å². The van der Waals surface area contributed by atoms with Gasteiger partial charge in [-0.3, -0.25) is 0 Å². The second-order valence-electron chi connectivity index (χ2n) is 5.46. The lowest BCUT2D eigenvalue weighted by Crippen LogP contribution is -1.79. The van der Waals surface area contributed by atoms with Crippen molar-refractivity contribution < 1.29 is 8.81 Å². The summed E-state index contributed by atoms with van der Waals surface area (Å²) < 4.78 is 19.3. The van der Waals surface area contributed by atoms with E-state index in [1.54, 1.807) is 30.4 Å². The highest BCUT2D eigenvalue weighted by Crippen LogP contribution is 2.25. The average Bonchev–Trinajstić information content (AvgIpc) is 3.04. The van der Waals surface area contributed by atoms with Crippen molar-refractivity contribution in [2.24, 2.45) is 0 Å². The molecule has 0 aliphatic heterocycles. The van der Waals surface area contributed by atoms with Gasteiger partial charge in [0.15, 0.2) is 5.58 Å². The fraction of sp³-hybridized carbons (Fsp3) is 0. The summed E-state index contributed by atoms with van der Waals surface area (Å²) in [5.41, 5.74) is 4.21. The van der Waals surface area contributed by atoms with Gasteiger partial charge in [0.1, 0.15) is 11.3 Å². The highest BCUT2D eigenvalue weighted by molar-refractivity contribution is 5.82. The van der Waals surface area contributed by atoms with Crippen LogP contribution in [-0.2, 0) is 0 Å². The van der Waals surface area contributed by atoms with Crippen molar-refractivity contribution in [1.29, 1.82) is 0 Å². The Morgan fingerprint density at radius 2 is 1.58 bits per heavy atom. The maximum atomic E-state index is 13.6. The van der Waals surface area contributed by atoms with Crippen LogP contribution in [0.25, 0.3) is 34.4 Å². The minimum Gasteiger partial charge on any atom is -0.437 e. The topological polar surface area (TPSA) is 26.0 Å². The van der Waals surface area contributed by atoms with E-state index in [0.29, 0.717) is 17.0 Å². The molecule has 0 spiro atoms. The zero-order chi connectivity index (χ0) is 16.4. The number of halogens is 1. The Bertz CT molecular complexity index is 1020. The van der Waals surface area contributed by atoms with Crippen molar-refractivity contribution in [3.8, 4) is 11.1 Å². The third kappa shape index (κ3) is 2.84. The molecule has 116 valence electrons. The predicted molar refractivity (Wildman–Crippen MR) is 94.8 cm³/mol. The van der Waals surface area contributed by atoms with Gasteiger partial charge in [0.2, 0.25) is 5.89 Å². The van der Waals surface area contributed by atoms with Gasteiger partial charge in [-0.15, -0.1) is 0 Å². The Morgan fingerprint density at radius 1 is 0.792 bits per heavy atom. The first kappa shape index (κ1) is 14.4. The monoisotopic (exact) mass is 315 g/mol. The Labute approximate surface area is 138 Å². The quantitative estimate of drug-likeness (QED) is 0.477. The third-order valence-electron chi connectivity index (χ3n) is 3.82. The van der Waals surface area contributed by atoms with Crippen LogP contribution < -0.4 is 0 Å². The molecular weight excluding hydrogens is 301 g/mol. The predicted octanol–water partition coefficient (Wildman–Crippen LogP) is 5.80. The standard InChI is InChI=1S/C21H14FNO/c22-18-9-5-4-8-16(18)11-13-21-23-19-14-17(10-12-20(19)24-21)15-6-2-1-3-7-15/h1-14H. The fourth-order valence-electron chi connectivity index (χ4n) is 2.60. The van der Waals surface area contributed by atoms with Gasteiger partial charge in [-0.05, 0) is 35.4 Å². The number of benzene rings is 3. The number of rotatable bonds is 3. The normalized spacial score (nSPS) is 11.4. The average molecular weight is 315 g/mol. The molecule has 0 unspecified atom stereocenters. The smallest absolute Gasteiger partial charge is 0.220 e. The largest absolute Gasteiger partial charge is 0.437 e. The van der Waals surface area contributed by atoms with Gasteiger partial charge in [0, 0.05) is 11.6 Å². The van der Waals surface area contributed by atoms with Gasteiger partial charge in [-0.25, -0.2) is 9.37 Å². The molecular formula is C21H14FNO. The Kier molecular flexibility index (Phi) is 3.67. The van der Waals surface area contributed by atoms with Gasteiger partial charge < -0.3 is 4.42 Å². The minimum absolute atomic E-state index is 0.267. The van der Waals surface area contributed by atoms with E-state index in [0.717, 1.165) is 16.6 Å². The lowest BCUT2D eigenvalue weighted by atomic mass is 10.1. The molecule has 0 N–H and O–H groups in total. The Hall–Kier alpha value is -3.20. The van der Waals surface area contributed by atoms with Crippen LogP contribution in [0.5, 0.6) is 0 Å². The number of nitrogens with zero attached hydrogens (tertiary/aromatic N) is 1. The van der Waals surface area contributed by atoms with E-state index in [-0.39, 0.29) is 5.82 Å². The van der Waals surface area contributed by atoms with Gasteiger partial charge in [0.05, 0.1) is 0 Å². The summed E-state index contributed by atoms with van der Waals surface area (Å²) in [5, 5.41) is 0. The van der Waals surface area contributed by atoms with Crippen molar-refractivity contribution in [3.63, 3.8) is 0 Å². The lowest BCUT2D eigenvalue weighted by molar-refractivity contribution is 0.589. The Morgan fingerprint density at radius 3 is 2.42 bits per heavy atom. The van der Waals surface area contributed by atoms with Crippen molar-refractivity contribution in [1.82, 2.24) is 4.98 Å². The van der Waals surface area contributed by atoms with Crippen molar-refractivity contribution in [2.75, 3.05) is 0 Å². The van der Waals surface area contributed by atoms with E-state index in [9.17, 15) is 4.39 Å². The summed E-state index contributed by atoms with van der Waals surface area (Å²) in [6.07, 6.45) is 3.35. The number of hydrogen-bond acceptors (Lipinski definition) is 2. The van der Waals surface area contributed by atoms with Crippen LogP contribution in [0.15, 0.2) is 77.2 Å². The molecule has 0 atom stereocenters. The molecule has 0 fully saturated rings. The van der Waals surface area contributed by atoms with E-state index in [1.807, 2.05) is 36.4 Å². The summed E-state index contributed by atoms with van der Waals surface area (Å²) >= 11 is 0. The van der Waals surface area contributed by atoms with Crippen LogP contribution in [0.1, 0.15) is 11.5 Å². The Balaban J connectivity index is 1.68. The first-order chi connectivity index (χ1) is 11.8. The van der Waals surface area contributed by atoms with Crippen molar-refractivity contribution >= 4 is 23.3 Å². The first-order valence-corrected chi connectivity index (χ1v) is 7.68. The summed E-state index contributed by atoms with van der Waals surface area (Å²) in [6.45, 7) is 0. The number of hydrogen-bond donors (Lipinski definition) is 0. The summed E-state index contributed by atoms with van der Waals surface area (Å²) in [5.74, 6) is 0.190. The van der Waals surface area contributed by atoms with Crippen molar-refractivity contribution in [3.05, 3.63) is 90.1 Å². The SMILES string of the molecule is Fc1ccccc1C=Cc1nc2cc(-c3ccccc3)ccc2o1. The molecule has 0 bridgehead atoms. The zero-order valence-electron chi connectivity index (χ0n) is 12.8. The van der Waals surface area contributed by atoms with Crippen LogP contribution in [0.2, 0.25) is 0 Å². The van der Waals surface area contributed by atoms with E-state index >= 15 is 0 Å². The van der Waals surface area contributed by atoms with Crippen LogP contribution >= 0.6 is 0 Å². The van der Waals surface area contributed by atoms with Crippen LogP contribution in [-0.4, -0.2) is 4.98 Å².